The number of thiophene rings is 1. The Morgan fingerprint density at radius 1 is 1.32 bits per heavy atom. The zero-order valence-corrected chi connectivity index (χ0v) is 18.8. The smallest absolute Gasteiger partial charge is 0.250 e. The van der Waals surface area contributed by atoms with Crippen LogP contribution in [0.5, 0.6) is 0 Å². The molecule has 1 saturated carbocycles. The van der Waals surface area contributed by atoms with Gasteiger partial charge in [-0.25, -0.2) is 0 Å². The van der Waals surface area contributed by atoms with E-state index in [1.54, 1.807) is 34.1 Å². The van der Waals surface area contributed by atoms with Crippen LogP contribution in [0.25, 0.3) is 0 Å². The maximum absolute atomic E-state index is 13.9. The van der Waals surface area contributed by atoms with Crippen molar-refractivity contribution in [3.05, 3.63) is 46.3 Å². The van der Waals surface area contributed by atoms with Crippen molar-refractivity contribution in [1.82, 2.24) is 15.1 Å². The molecule has 7 nitrogen and oxygen atoms in total. The number of aliphatic imine (C=N–C) groups is 1. The number of carbonyl (C=O) groups excluding carboxylic acids is 3. The molecule has 1 aromatic heterocycles. The van der Waals surface area contributed by atoms with Gasteiger partial charge in [0.05, 0.1) is 19.5 Å². The Labute approximate surface area is 186 Å². The molecule has 0 aromatic carbocycles. The lowest BCUT2D eigenvalue weighted by atomic mass is 9.89. The Morgan fingerprint density at radius 3 is 2.81 bits per heavy atom. The van der Waals surface area contributed by atoms with Crippen molar-refractivity contribution in [3.8, 4) is 0 Å². The molecular formula is C23H28N4O3S. The third-order valence-electron chi connectivity index (χ3n) is 6.18. The molecule has 3 aliphatic rings. The summed E-state index contributed by atoms with van der Waals surface area (Å²) in [4.78, 5) is 47.8. The molecule has 4 rings (SSSR count). The second-order valence-electron chi connectivity index (χ2n) is 8.62. The molecule has 2 aliphatic heterocycles. The fourth-order valence-electron chi connectivity index (χ4n) is 4.51. The summed E-state index contributed by atoms with van der Waals surface area (Å²) in [6, 6.07) is 3.93. The predicted octanol–water partition coefficient (Wildman–Crippen LogP) is 3.00. The Balaban J connectivity index is 1.56. The Morgan fingerprint density at radius 2 is 2.10 bits per heavy atom. The molecule has 0 spiro atoms. The van der Waals surface area contributed by atoms with Crippen LogP contribution < -0.4 is 5.32 Å². The molecule has 3 heterocycles. The van der Waals surface area contributed by atoms with E-state index in [2.05, 4.69) is 10.3 Å². The number of nitrogens with one attached hydrogen (secondary N) is 1. The van der Waals surface area contributed by atoms with Gasteiger partial charge in [-0.3, -0.25) is 14.4 Å². The molecular weight excluding hydrogens is 412 g/mol. The number of nitrogens with zero attached hydrogens (tertiary/aromatic N) is 3. The van der Waals surface area contributed by atoms with E-state index in [-0.39, 0.29) is 36.7 Å². The molecule has 0 radical (unpaired) electrons. The van der Waals surface area contributed by atoms with Crippen molar-refractivity contribution >= 4 is 34.9 Å². The van der Waals surface area contributed by atoms with Gasteiger partial charge in [-0.2, -0.15) is 4.99 Å². The summed E-state index contributed by atoms with van der Waals surface area (Å²) in [6.45, 7) is 4.18. The normalized spacial score (nSPS) is 23.3. The third-order valence-corrected chi connectivity index (χ3v) is 7.06. The number of fused-ring (bicyclic) bond motifs is 1. The van der Waals surface area contributed by atoms with Gasteiger partial charge in [0.1, 0.15) is 11.4 Å². The van der Waals surface area contributed by atoms with Crippen LogP contribution in [0.1, 0.15) is 50.8 Å². The Hall–Kier alpha value is -2.74. The van der Waals surface area contributed by atoms with E-state index in [0.29, 0.717) is 12.4 Å². The van der Waals surface area contributed by atoms with Gasteiger partial charge in [0.15, 0.2) is 0 Å². The van der Waals surface area contributed by atoms with E-state index < -0.39 is 5.54 Å². The minimum atomic E-state index is -1.10. The highest BCUT2D eigenvalue weighted by Gasteiger charge is 2.49. The first-order valence-electron chi connectivity index (χ1n) is 10.7. The highest BCUT2D eigenvalue weighted by Crippen LogP contribution is 2.33. The van der Waals surface area contributed by atoms with Crippen LogP contribution in [0.2, 0.25) is 0 Å². The van der Waals surface area contributed by atoms with Crippen LogP contribution in [-0.4, -0.2) is 51.5 Å². The summed E-state index contributed by atoms with van der Waals surface area (Å²) in [5, 5.41) is 4.90. The standard InChI is InChI=1S/C23H28N4O3S/c1-16-9-10-19-25-20(28)12-23(2,27(19)14-16)22(30)26(17-6-3-4-7-17)15-21(29)24-13-18-8-5-11-31-18/h5,8-11,14,17H,3-4,6-7,12-13,15H2,1-2H3,(H,24,29). The maximum Gasteiger partial charge on any atom is 0.250 e. The molecule has 8 heteroatoms. The van der Waals surface area contributed by atoms with Crippen LogP contribution in [0.15, 0.2) is 46.4 Å². The Bertz CT molecular complexity index is 959. The van der Waals surface area contributed by atoms with E-state index in [4.69, 9.17) is 0 Å². The molecule has 1 atom stereocenters. The second kappa shape index (κ2) is 8.78. The second-order valence-corrected chi connectivity index (χ2v) is 9.65. The quantitative estimate of drug-likeness (QED) is 0.737. The summed E-state index contributed by atoms with van der Waals surface area (Å²) < 4.78 is 0. The molecule has 0 bridgehead atoms. The van der Waals surface area contributed by atoms with Crippen LogP contribution in [0.4, 0.5) is 0 Å². The average Bonchev–Trinajstić information content (AvgIpc) is 3.45. The van der Waals surface area contributed by atoms with Crippen molar-refractivity contribution in [2.75, 3.05) is 6.54 Å². The number of hydrogen-bond acceptors (Lipinski definition) is 5. The number of allylic oxidation sites excluding steroid dienone is 2. The lowest BCUT2D eigenvalue weighted by Gasteiger charge is -2.45. The maximum atomic E-state index is 13.9. The first-order valence-corrected chi connectivity index (χ1v) is 11.6. The van der Waals surface area contributed by atoms with Crippen molar-refractivity contribution < 1.29 is 14.4 Å². The van der Waals surface area contributed by atoms with Crippen molar-refractivity contribution in [1.29, 1.82) is 0 Å². The summed E-state index contributed by atoms with van der Waals surface area (Å²) >= 11 is 1.58. The zero-order chi connectivity index (χ0) is 22.0. The first kappa shape index (κ1) is 21.5. The summed E-state index contributed by atoms with van der Waals surface area (Å²) in [5.41, 5.74) is -0.120. The van der Waals surface area contributed by atoms with Gasteiger partial charge >= 0.3 is 0 Å². The molecule has 0 saturated heterocycles. The van der Waals surface area contributed by atoms with Crippen LogP contribution in [0, 0.1) is 0 Å². The molecule has 31 heavy (non-hydrogen) atoms. The molecule has 1 aliphatic carbocycles. The fraction of sp³-hybridized carbons (Fsp3) is 0.478. The number of amides is 3. The number of rotatable bonds is 6. The number of carbonyl (C=O) groups is 3. The lowest BCUT2D eigenvalue weighted by molar-refractivity contribution is -0.148. The molecule has 1 aromatic rings. The molecule has 164 valence electrons. The first-order chi connectivity index (χ1) is 14.9. The van der Waals surface area contributed by atoms with Gasteiger partial charge in [-0.05, 0) is 49.8 Å². The number of amidine groups is 1. The average molecular weight is 441 g/mol. The van der Waals surface area contributed by atoms with Crippen LogP contribution in [-0.2, 0) is 20.9 Å². The largest absolute Gasteiger partial charge is 0.350 e. The fourth-order valence-corrected chi connectivity index (χ4v) is 5.16. The van der Waals surface area contributed by atoms with Crippen molar-refractivity contribution in [2.24, 2.45) is 4.99 Å². The van der Waals surface area contributed by atoms with Crippen LogP contribution in [0.3, 0.4) is 0 Å². The third kappa shape index (κ3) is 4.49. The van der Waals surface area contributed by atoms with E-state index in [9.17, 15) is 14.4 Å². The van der Waals surface area contributed by atoms with E-state index >= 15 is 0 Å². The summed E-state index contributed by atoms with van der Waals surface area (Å²) in [7, 11) is 0. The lowest BCUT2D eigenvalue weighted by Crippen LogP contribution is -2.63. The Kier molecular flexibility index (Phi) is 6.09. The van der Waals surface area contributed by atoms with Crippen molar-refractivity contribution in [2.45, 2.75) is 64.1 Å². The summed E-state index contributed by atoms with van der Waals surface area (Å²) in [6.07, 6.45) is 9.35. The molecule has 1 unspecified atom stereocenters. The zero-order valence-electron chi connectivity index (χ0n) is 18.0. The molecule has 3 amide bonds. The summed E-state index contributed by atoms with van der Waals surface area (Å²) in [5.74, 6) is -0.205. The SMILES string of the molecule is CC1=CN2C(=NC(=O)CC2(C)C(=O)N(CC(=O)NCc2cccs2)C2CCCC2)C=C1. The van der Waals surface area contributed by atoms with E-state index in [1.165, 1.54) is 0 Å². The number of hydrogen-bond donors (Lipinski definition) is 1. The van der Waals surface area contributed by atoms with Crippen molar-refractivity contribution in [3.63, 3.8) is 0 Å². The van der Waals surface area contributed by atoms with Gasteiger partial charge in [0.25, 0.3) is 5.91 Å². The predicted molar refractivity (Wildman–Crippen MR) is 120 cm³/mol. The minimum absolute atomic E-state index is 0.00247. The topological polar surface area (TPSA) is 82.1 Å². The monoisotopic (exact) mass is 440 g/mol. The van der Waals surface area contributed by atoms with Gasteiger partial charge in [-0.15, -0.1) is 11.3 Å². The molecule has 1 fully saturated rings. The highest BCUT2D eigenvalue weighted by molar-refractivity contribution is 7.09. The van der Waals surface area contributed by atoms with Gasteiger partial charge in [-0.1, -0.05) is 25.0 Å². The molecule has 1 N–H and O–H groups in total. The van der Waals surface area contributed by atoms with Crippen LogP contribution >= 0.6 is 11.3 Å². The van der Waals surface area contributed by atoms with E-state index in [1.807, 2.05) is 36.7 Å². The van der Waals surface area contributed by atoms with E-state index in [0.717, 1.165) is 36.1 Å². The minimum Gasteiger partial charge on any atom is -0.350 e. The van der Waals surface area contributed by atoms with Gasteiger partial charge < -0.3 is 15.1 Å². The van der Waals surface area contributed by atoms with Gasteiger partial charge in [0, 0.05) is 17.1 Å². The van der Waals surface area contributed by atoms with Gasteiger partial charge in [0.2, 0.25) is 11.8 Å². The highest BCUT2D eigenvalue weighted by atomic mass is 32.1.